The predicted molar refractivity (Wildman–Crippen MR) is 231 cm³/mol. The lowest BCUT2D eigenvalue weighted by Gasteiger charge is -2.23. The van der Waals surface area contributed by atoms with E-state index >= 15 is 0 Å². The van der Waals surface area contributed by atoms with Crippen molar-refractivity contribution in [3.8, 4) is 23.0 Å². The largest absolute Gasteiger partial charge is 0.494 e. The summed E-state index contributed by atoms with van der Waals surface area (Å²) in [6.07, 6.45) is 5.39. The SMILES string of the molecule is CNC(=O)C(=O)CCCOc1cc(COc2cc3c(cc2C)C(=O)N2c4ccccc4C[C@H]2CC3)cc(COc2cc3c(cc2OC)C(=O)N2c4ccccc4C[C@H]2C=N3)c1. The highest BCUT2D eigenvalue weighted by atomic mass is 16.5. The molecule has 4 aliphatic heterocycles. The summed E-state index contributed by atoms with van der Waals surface area (Å²) in [6.45, 7) is 2.49. The number of rotatable bonds is 13. The van der Waals surface area contributed by atoms with E-state index in [-0.39, 0.29) is 50.1 Å². The topological polar surface area (TPSA) is 136 Å². The number of anilines is 2. The van der Waals surface area contributed by atoms with Crippen molar-refractivity contribution in [1.82, 2.24) is 5.32 Å². The van der Waals surface area contributed by atoms with Crippen LogP contribution in [0.1, 0.15) is 73.4 Å². The highest BCUT2D eigenvalue weighted by molar-refractivity contribution is 6.36. The van der Waals surface area contributed by atoms with Crippen LogP contribution in [0, 0.1) is 6.92 Å². The van der Waals surface area contributed by atoms with Crippen LogP contribution in [0.15, 0.2) is 96.0 Å². The van der Waals surface area contributed by atoms with E-state index in [9.17, 15) is 19.2 Å². The van der Waals surface area contributed by atoms with Gasteiger partial charge in [-0.15, -0.1) is 0 Å². The van der Waals surface area contributed by atoms with Crippen LogP contribution in [-0.4, -0.2) is 62.6 Å². The first kappa shape index (κ1) is 39.5. The molecule has 0 fully saturated rings. The minimum Gasteiger partial charge on any atom is -0.494 e. The Hall–Kier alpha value is -6.95. The van der Waals surface area contributed by atoms with Crippen LogP contribution in [0.25, 0.3) is 0 Å². The van der Waals surface area contributed by atoms with Crippen molar-refractivity contribution in [3.63, 3.8) is 0 Å². The van der Waals surface area contributed by atoms with Crippen molar-refractivity contribution in [1.29, 1.82) is 0 Å². The Labute approximate surface area is 354 Å². The Morgan fingerprint density at radius 2 is 1.44 bits per heavy atom. The van der Waals surface area contributed by atoms with Gasteiger partial charge in [0, 0.05) is 55.2 Å². The van der Waals surface area contributed by atoms with Gasteiger partial charge in [-0.2, -0.15) is 0 Å². The predicted octanol–water partition coefficient (Wildman–Crippen LogP) is 7.44. The number of hydrogen-bond donors (Lipinski definition) is 1. The number of benzene rings is 5. The van der Waals surface area contributed by atoms with Crippen molar-refractivity contribution >= 4 is 46.8 Å². The molecule has 3 amide bonds. The second kappa shape index (κ2) is 16.6. The second-order valence-electron chi connectivity index (χ2n) is 15.9. The summed E-state index contributed by atoms with van der Waals surface area (Å²) >= 11 is 0. The zero-order chi connectivity index (χ0) is 42.2. The highest BCUT2D eigenvalue weighted by Gasteiger charge is 2.38. The number of para-hydroxylation sites is 2. The fourth-order valence-electron chi connectivity index (χ4n) is 8.88. The van der Waals surface area contributed by atoms with Crippen molar-refractivity contribution in [2.24, 2.45) is 4.99 Å². The number of aliphatic imine (C=N–C) groups is 1. The maximum absolute atomic E-state index is 14.0. The summed E-state index contributed by atoms with van der Waals surface area (Å²) in [5.41, 5.74) is 9.24. The van der Waals surface area contributed by atoms with Crippen molar-refractivity contribution in [3.05, 3.63) is 136 Å². The highest BCUT2D eigenvalue weighted by Crippen LogP contribution is 2.42. The number of carbonyl (C=O) groups excluding carboxylic acids is 4. The Bertz CT molecular complexity index is 2620. The van der Waals surface area contributed by atoms with Crippen LogP contribution in [0.3, 0.4) is 0 Å². The number of nitrogens with zero attached hydrogens (tertiary/aromatic N) is 3. The van der Waals surface area contributed by atoms with Gasteiger partial charge in [0.15, 0.2) is 11.5 Å². The van der Waals surface area contributed by atoms with E-state index in [0.29, 0.717) is 52.7 Å². The van der Waals surface area contributed by atoms with Crippen LogP contribution in [0.5, 0.6) is 23.0 Å². The van der Waals surface area contributed by atoms with E-state index < -0.39 is 11.7 Å². The molecule has 310 valence electrons. The molecule has 5 aromatic carbocycles. The van der Waals surface area contributed by atoms with Gasteiger partial charge in [0.1, 0.15) is 24.7 Å². The number of likely N-dealkylation sites (N-methyl/N-ethyl adjacent to an activating group) is 1. The number of ketones is 1. The molecule has 12 heteroatoms. The maximum atomic E-state index is 14.0. The zero-order valence-corrected chi connectivity index (χ0v) is 34.4. The molecule has 0 aliphatic carbocycles. The quantitative estimate of drug-likeness (QED) is 0.0957. The normalized spacial score (nSPS) is 16.9. The summed E-state index contributed by atoms with van der Waals surface area (Å²) in [5.74, 6) is 0.797. The molecule has 9 rings (SSSR count). The van der Waals surface area contributed by atoms with Crippen molar-refractivity contribution in [2.45, 2.75) is 70.7 Å². The number of methoxy groups -OCH3 is 1. The molecule has 61 heavy (non-hydrogen) atoms. The van der Waals surface area contributed by atoms with Gasteiger partial charge in [-0.05, 0) is 115 Å². The summed E-state index contributed by atoms with van der Waals surface area (Å²) in [5, 5.41) is 2.36. The molecule has 0 aromatic heterocycles. The average Bonchev–Trinajstić information content (AvgIpc) is 3.77. The zero-order valence-electron chi connectivity index (χ0n) is 34.4. The van der Waals surface area contributed by atoms with Crippen molar-refractivity contribution < 1.29 is 38.1 Å². The first-order chi connectivity index (χ1) is 29.7. The molecule has 2 atom stereocenters. The molecule has 5 aromatic rings. The van der Waals surface area contributed by atoms with Crippen LogP contribution < -0.4 is 34.1 Å². The minimum absolute atomic E-state index is 0.0271. The number of aryl methyl sites for hydroxylation is 2. The third-order valence-corrected chi connectivity index (χ3v) is 11.9. The molecule has 1 N–H and O–H groups in total. The first-order valence-electron chi connectivity index (χ1n) is 20.7. The fraction of sp³-hybridized carbons (Fsp3) is 0.286. The Morgan fingerprint density at radius 3 is 2.18 bits per heavy atom. The molecular formula is C49H46N4O8. The van der Waals surface area contributed by atoms with Gasteiger partial charge in [-0.1, -0.05) is 36.4 Å². The molecule has 0 radical (unpaired) electrons. The van der Waals surface area contributed by atoms with E-state index in [2.05, 4.69) is 11.4 Å². The Balaban J connectivity index is 0.943. The Morgan fingerprint density at radius 1 is 0.754 bits per heavy atom. The van der Waals surface area contributed by atoms with Gasteiger partial charge in [0.05, 0.1) is 31.0 Å². The van der Waals surface area contributed by atoms with Gasteiger partial charge in [0.25, 0.3) is 17.7 Å². The fourth-order valence-corrected chi connectivity index (χ4v) is 8.88. The summed E-state index contributed by atoms with van der Waals surface area (Å²) in [7, 11) is 2.96. The molecule has 4 aliphatic rings. The number of hydrogen-bond acceptors (Lipinski definition) is 9. The van der Waals surface area contributed by atoms with E-state index in [1.165, 1.54) is 19.7 Å². The summed E-state index contributed by atoms with van der Waals surface area (Å²) in [6, 6.07) is 29.1. The third kappa shape index (κ3) is 7.69. The molecule has 0 saturated carbocycles. The van der Waals surface area contributed by atoms with Crippen LogP contribution in [-0.2, 0) is 42.1 Å². The average molecular weight is 819 g/mol. The third-order valence-electron chi connectivity index (χ3n) is 11.9. The van der Waals surface area contributed by atoms with Gasteiger partial charge in [-0.3, -0.25) is 29.1 Å². The van der Waals surface area contributed by atoms with Crippen LogP contribution in [0.4, 0.5) is 17.1 Å². The minimum atomic E-state index is -0.629. The standard InChI is InChI=1S/C49H46N4O8/c1-29-17-38-32(14-15-35-21-33-9-4-6-11-41(33)52(35)48(38)56)23-44(29)60-27-30-18-31(20-37(19-30)59-16-8-13-43(54)47(55)50-2)28-61-46-25-40-39(24-45(46)58-3)49(57)53-36(26-51-40)22-34-10-5-7-12-42(34)53/h4-7,9-12,17-20,23-26,35-36H,8,13-16,21-22,27-28H2,1-3H3,(H,50,55)/t35-,36+/m1/s1. The molecular weight excluding hydrogens is 773 g/mol. The van der Waals surface area contributed by atoms with Gasteiger partial charge in [-0.25, -0.2) is 0 Å². The number of carbonyl (C=O) groups is 4. The number of ether oxygens (including phenoxy) is 4. The van der Waals surface area contributed by atoms with Gasteiger partial charge < -0.3 is 29.2 Å². The van der Waals surface area contributed by atoms with E-state index in [1.54, 1.807) is 17.0 Å². The monoisotopic (exact) mass is 818 g/mol. The number of Topliss-reactive ketones (excluding diaryl/α,β-unsaturated/α-hetero) is 1. The number of fused-ring (bicyclic) bond motifs is 8. The molecule has 0 spiro atoms. The maximum Gasteiger partial charge on any atom is 0.287 e. The lowest BCUT2D eigenvalue weighted by molar-refractivity contribution is -0.137. The molecule has 4 heterocycles. The van der Waals surface area contributed by atoms with Crippen molar-refractivity contribution in [2.75, 3.05) is 30.6 Å². The summed E-state index contributed by atoms with van der Waals surface area (Å²) < 4.78 is 24.7. The lowest BCUT2D eigenvalue weighted by Crippen LogP contribution is -2.37. The summed E-state index contributed by atoms with van der Waals surface area (Å²) in [4.78, 5) is 60.3. The van der Waals surface area contributed by atoms with E-state index in [0.717, 1.165) is 58.5 Å². The molecule has 0 unspecified atom stereocenters. The smallest absolute Gasteiger partial charge is 0.287 e. The van der Waals surface area contributed by atoms with Crippen LogP contribution >= 0.6 is 0 Å². The lowest BCUT2D eigenvalue weighted by atomic mass is 9.98. The van der Waals surface area contributed by atoms with Gasteiger partial charge >= 0.3 is 0 Å². The molecule has 12 nitrogen and oxygen atoms in total. The van der Waals surface area contributed by atoms with Gasteiger partial charge in [0.2, 0.25) is 5.78 Å². The van der Waals surface area contributed by atoms with Crippen LogP contribution in [0.2, 0.25) is 0 Å². The first-order valence-corrected chi connectivity index (χ1v) is 20.7. The second-order valence-corrected chi connectivity index (χ2v) is 15.9. The number of nitrogens with one attached hydrogen (secondary N) is 1. The molecule has 0 saturated heterocycles. The van der Waals surface area contributed by atoms with E-state index in [4.69, 9.17) is 23.9 Å². The Kier molecular flexibility index (Phi) is 10.8. The van der Waals surface area contributed by atoms with E-state index in [1.807, 2.05) is 90.8 Å². The molecule has 0 bridgehead atoms. The number of amides is 3.